The summed E-state index contributed by atoms with van der Waals surface area (Å²) in [5.41, 5.74) is 0. The minimum absolute atomic E-state index is 0.0302. The van der Waals surface area contributed by atoms with Crippen molar-refractivity contribution in [2.75, 3.05) is 13.2 Å². The number of ether oxygens (including phenoxy) is 2. The molecule has 0 bridgehead atoms. The van der Waals surface area contributed by atoms with Crippen molar-refractivity contribution < 1.29 is 63.1 Å². The van der Waals surface area contributed by atoms with Crippen molar-refractivity contribution in [1.29, 1.82) is 0 Å². The summed E-state index contributed by atoms with van der Waals surface area (Å²) < 4.78 is 33.5. The smallest absolute Gasteiger partial charge is 0.462 e. The van der Waals surface area contributed by atoms with Gasteiger partial charge in [0.25, 0.3) is 0 Å². The molecule has 1 rings (SSSR count). The van der Waals surface area contributed by atoms with Gasteiger partial charge in [-0.25, -0.2) is 4.57 Å². The molecule has 0 aliphatic heterocycles. The number of aliphatic hydroxyl groups is 5. The van der Waals surface area contributed by atoms with E-state index in [1.807, 2.05) is 18.2 Å². The van der Waals surface area contributed by atoms with Gasteiger partial charge in [0.2, 0.25) is 0 Å². The van der Waals surface area contributed by atoms with Gasteiger partial charge in [0.05, 0.1) is 6.61 Å². The van der Waals surface area contributed by atoms with Crippen molar-refractivity contribution >= 4 is 19.8 Å². The number of unbranched alkanes of at least 4 members (excludes halogenated alkanes) is 14. The summed E-state index contributed by atoms with van der Waals surface area (Å²) in [5.74, 6) is -1.20. The Kier molecular flexibility index (Phi) is 35.7. The van der Waals surface area contributed by atoms with Crippen LogP contribution in [0.5, 0.6) is 0 Å². The van der Waals surface area contributed by atoms with Crippen LogP contribution in [0.1, 0.15) is 168 Å². The minimum Gasteiger partial charge on any atom is -0.462 e. The molecule has 3 unspecified atom stereocenters. The Morgan fingerprint density at radius 1 is 0.508 bits per heavy atom. The van der Waals surface area contributed by atoms with Crippen LogP contribution in [0.3, 0.4) is 0 Å². The highest BCUT2D eigenvalue weighted by molar-refractivity contribution is 7.47. The number of carbonyl (C=O) groups is 2. The summed E-state index contributed by atoms with van der Waals surface area (Å²) in [7, 11) is -5.14. The van der Waals surface area contributed by atoms with Crippen LogP contribution in [-0.4, -0.2) is 98.3 Å². The summed E-state index contributed by atoms with van der Waals surface area (Å²) >= 11 is 0. The van der Waals surface area contributed by atoms with E-state index in [9.17, 15) is 44.6 Å². The summed E-state index contributed by atoms with van der Waals surface area (Å²) in [5, 5.41) is 50.2. The summed E-state index contributed by atoms with van der Waals surface area (Å²) in [6, 6.07) is 0. The van der Waals surface area contributed by atoms with Crippen molar-refractivity contribution in [3.63, 3.8) is 0 Å². The first-order chi connectivity index (χ1) is 30.4. The third-order valence-electron chi connectivity index (χ3n) is 10.6. The van der Waals surface area contributed by atoms with Gasteiger partial charge in [-0.3, -0.25) is 18.6 Å². The quantitative estimate of drug-likeness (QED) is 0.0148. The Morgan fingerprint density at radius 2 is 0.905 bits per heavy atom. The molecule has 0 spiro atoms. The SMILES string of the molecule is CC/C=C\C/C=C\C/C=C\C/C=C\C/C=C\C/C=C\CCC(=O)O[C@@H](COC(=O)CCCCCCCCCCCCCCCCC)COP(=O)(O)OC1[C@H](O)[C@H](O)C(O)[C@H](O)[C@H]1O. The van der Waals surface area contributed by atoms with Crippen LogP contribution in [0.2, 0.25) is 0 Å². The predicted molar refractivity (Wildman–Crippen MR) is 249 cm³/mol. The van der Waals surface area contributed by atoms with E-state index >= 15 is 0 Å². The zero-order valence-electron chi connectivity index (χ0n) is 38.3. The first-order valence-corrected chi connectivity index (χ1v) is 25.2. The van der Waals surface area contributed by atoms with Crippen LogP contribution < -0.4 is 0 Å². The number of rotatable bonds is 38. The molecular weight excluding hydrogens is 828 g/mol. The highest BCUT2D eigenvalue weighted by atomic mass is 31.2. The van der Waals surface area contributed by atoms with Crippen LogP contribution in [-0.2, 0) is 32.7 Å². The van der Waals surface area contributed by atoms with Crippen molar-refractivity contribution in [3.05, 3.63) is 72.9 Å². The lowest BCUT2D eigenvalue weighted by molar-refractivity contribution is -0.220. The number of aliphatic hydroxyl groups excluding tert-OH is 5. The fourth-order valence-corrected chi connectivity index (χ4v) is 7.76. The predicted octanol–water partition coefficient (Wildman–Crippen LogP) is 9.50. The molecule has 1 saturated carbocycles. The van der Waals surface area contributed by atoms with Crippen LogP contribution in [0.4, 0.5) is 0 Å². The van der Waals surface area contributed by atoms with Gasteiger partial charge in [0.15, 0.2) is 6.10 Å². The molecule has 0 saturated heterocycles. The van der Waals surface area contributed by atoms with E-state index in [0.29, 0.717) is 19.3 Å². The third kappa shape index (κ3) is 31.0. The first-order valence-electron chi connectivity index (χ1n) is 23.7. The number of hydrogen-bond donors (Lipinski definition) is 6. The van der Waals surface area contributed by atoms with Crippen molar-refractivity contribution in [3.8, 4) is 0 Å². The second-order valence-corrected chi connectivity index (χ2v) is 17.6. The monoisotopic (exact) mass is 911 g/mol. The maximum atomic E-state index is 12.8. The fraction of sp³-hybridized carbons (Fsp3) is 0.714. The molecule has 1 aliphatic rings. The topological polar surface area (TPSA) is 210 Å². The molecule has 362 valence electrons. The van der Waals surface area contributed by atoms with E-state index in [4.69, 9.17) is 18.5 Å². The average molecular weight is 911 g/mol. The zero-order valence-corrected chi connectivity index (χ0v) is 39.2. The van der Waals surface area contributed by atoms with E-state index < -0.39 is 75.7 Å². The lowest BCUT2D eigenvalue weighted by atomic mass is 9.85. The Labute approximate surface area is 378 Å². The number of hydrogen-bond acceptors (Lipinski definition) is 12. The molecule has 14 heteroatoms. The molecule has 1 aliphatic carbocycles. The molecule has 63 heavy (non-hydrogen) atoms. The van der Waals surface area contributed by atoms with Gasteiger partial charge in [-0.05, 0) is 51.4 Å². The Hall–Kier alpha value is -2.71. The van der Waals surface area contributed by atoms with Crippen LogP contribution in [0.15, 0.2) is 72.9 Å². The number of esters is 2. The molecule has 0 radical (unpaired) electrons. The fourth-order valence-electron chi connectivity index (χ4n) is 6.78. The third-order valence-corrected chi connectivity index (χ3v) is 11.6. The average Bonchev–Trinajstić information content (AvgIpc) is 3.26. The highest BCUT2D eigenvalue weighted by Crippen LogP contribution is 2.47. The van der Waals surface area contributed by atoms with Gasteiger partial charge in [-0.2, -0.15) is 0 Å². The van der Waals surface area contributed by atoms with Crippen LogP contribution >= 0.6 is 7.82 Å². The van der Waals surface area contributed by atoms with Gasteiger partial charge in [0, 0.05) is 12.8 Å². The van der Waals surface area contributed by atoms with E-state index in [0.717, 1.165) is 51.4 Å². The molecule has 0 aromatic carbocycles. The standard InChI is InChI=1S/C49H83O13P/c1-3-5-7-9-11-13-15-17-19-20-21-22-24-26-28-30-32-34-36-38-43(51)61-41(40-60-63(57,58)62-49-47(55)45(53)44(52)46(54)48(49)56)39-59-42(50)37-35-33-31-29-27-25-23-18-16-14-12-10-8-6-4-2/h5,7,11,13,17,19,21-22,26,28,32,34,41,44-49,52-56H,3-4,6,8-10,12,14-16,18,20,23-25,27,29-31,33,35-40H2,1-2H3,(H,57,58)/b7-5-,13-11-,19-17-,22-21-,28-26-,34-32-/t41-,44?,45-,46+,47+,48+,49?/m0/s1. The van der Waals surface area contributed by atoms with E-state index in [1.54, 1.807) is 0 Å². The largest absolute Gasteiger partial charge is 0.472 e. The summed E-state index contributed by atoms with van der Waals surface area (Å²) in [6.07, 6.45) is 35.4. The second-order valence-electron chi connectivity index (χ2n) is 16.2. The van der Waals surface area contributed by atoms with E-state index in [-0.39, 0.29) is 12.8 Å². The maximum Gasteiger partial charge on any atom is 0.472 e. The van der Waals surface area contributed by atoms with E-state index in [1.165, 1.54) is 70.6 Å². The molecule has 13 nitrogen and oxygen atoms in total. The zero-order chi connectivity index (χ0) is 46.4. The number of phosphoric ester groups is 1. The molecule has 0 heterocycles. The van der Waals surface area contributed by atoms with E-state index in [2.05, 4.69) is 68.5 Å². The molecule has 0 aromatic rings. The molecule has 0 aromatic heterocycles. The van der Waals surface area contributed by atoms with Gasteiger partial charge < -0.3 is 39.9 Å². The minimum atomic E-state index is -5.14. The molecule has 8 atom stereocenters. The number of allylic oxidation sites excluding steroid dienone is 12. The molecule has 0 amide bonds. The molecular formula is C49H83O13P. The van der Waals surface area contributed by atoms with Gasteiger partial charge in [-0.15, -0.1) is 0 Å². The second kappa shape index (κ2) is 38.5. The highest BCUT2D eigenvalue weighted by Gasteiger charge is 2.51. The number of phosphoric acid groups is 1. The van der Waals surface area contributed by atoms with Gasteiger partial charge in [0.1, 0.15) is 43.2 Å². The Balaban J connectivity index is 2.51. The molecule has 1 fully saturated rings. The summed E-state index contributed by atoms with van der Waals surface area (Å²) in [4.78, 5) is 35.7. The lowest BCUT2D eigenvalue weighted by Gasteiger charge is -2.41. The Morgan fingerprint density at radius 3 is 1.35 bits per heavy atom. The van der Waals surface area contributed by atoms with Crippen molar-refractivity contribution in [1.82, 2.24) is 0 Å². The van der Waals surface area contributed by atoms with Crippen molar-refractivity contribution in [2.24, 2.45) is 0 Å². The maximum absolute atomic E-state index is 12.8. The number of carbonyl (C=O) groups excluding carboxylic acids is 2. The van der Waals surface area contributed by atoms with Crippen LogP contribution in [0.25, 0.3) is 0 Å². The van der Waals surface area contributed by atoms with Crippen LogP contribution in [0, 0.1) is 0 Å². The van der Waals surface area contributed by atoms with Gasteiger partial charge >= 0.3 is 19.8 Å². The molecule has 6 N–H and O–H groups in total. The normalized spacial score (nSPS) is 22.3. The summed E-state index contributed by atoms with van der Waals surface area (Å²) in [6.45, 7) is 3.12. The van der Waals surface area contributed by atoms with Crippen molar-refractivity contribution in [2.45, 2.75) is 211 Å². The van der Waals surface area contributed by atoms with Gasteiger partial charge in [-0.1, -0.05) is 177 Å². The lowest BCUT2D eigenvalue weighted by Crippen LogP contribution is -2.64. The first kappa shape index (κ1) is 58.3. The Bertz CT molecular complexity index is 1380.